The number of nitrogens with one attached hydrogen (secondary N) is 1. The molecule has 0 fully saturated rings. The van der Waals surface area contributed by atoms with Gasteiger partial charge in [0.05, 0.1) is 17.9 Å². The summed E-state index contributed by atoms with van der Waals surface area (Å²) in [5.41, 5.74) is 3.84. The number of hydrogen-bond donors (Lipinski definition) is 1. The van der Waals surface area contributed by atoms with Gasteiger partial charge in [-0.3, -0.25) is 4.79 Å². The Morgan fingerprint density at radius 1 is 1.40 bits per heavy atom. The molecule has 0 radical (unpaired) electrons. The number of carbonyl (C=O) groups is 2. The van der Waals surface area contributed by atoms with Gasteiger partial charge < -0.3 is 4.74 Å². The van der Waals surface area contributed by atoms with Crippen molar-refractivity contribution < 1.29 is 14.3 Å². The SMILES string of the molecule is CCCCOC(=O)c1ccc(C2=NNC(=O)CS2)cc1. The van der Waals surface area contributed by atoms with E-state index in [1.165, 1.54) is 11.8 Å². The molecule has 0 aromatic heterocycles. The Bertz CT molecular complexity index is 526. The maximum atomic E-state index is 11.7. The number of rotatable bonds is 5. The minimum Gasteiger partial charge on any atom is -0.462 e. The first kappa shape index (κ1) is 14.6. The van der Waals surface area contributed by atoms with Crippen molar-refractivity contribution in [1.29, 1.82) is 0 Å². The van der Waals surface area contributed by atoms with Crippen LogP contribution in [0.2, 0.25) is 0 Å². The number of hydrogen-bond acceptors (Lipinski definition) is 5. The van der Waals surface area contributed by atoms with Gasteiger partial charge in [-0.05, 0) is 18.6 Å². The fraction of sp³-hybridized carbons (Fsp3) is 0.357. The number of benzene rings is 1. The Morgan fingerprint density at radius 2 is 2.15 bits per heavy atom. The summed E-state index contributed by atoms with van der Waals surface area (Å²) in [4.78, 5) is 22.7. The average molecular weight is 292 g/mol. The molecule has 1 aromatic carbocycles. The second kappa shape index (κ2) is 7.09. The molecule has 1 N–H and O–H groups in total. The van der Waals surface area contributed by atoms with Crippen molar-refractivity contribution in [3.05, 3.63) is 35.4 Å². The molecule has 0 spiro atoms. The standard InChI is InChI=1S/C14H16N2O3S/c1-2-3-8-19-14(18)11-6-4-10(5-7-11)13-16-15-12(17)9-20-13/h4-7H,2-3,8-9H2,1H3,(H,15,17). The van der Waals surface area contributed by atoms with Crippen molar-refractivity contribution in [3.63, 3.8) is 0 Å². The normalized spacial score (nSPS) is 14.4. The lowest BCUT2D eigenvalue weighted by molar-refractivity contribution is -0.118. The molecule has 106 valence electrons. The van der Waals surface area contributed by atoms with Crippen molar-refractivity contribution in [2.75, 3.05) is 12.4 Å². The summed E-state index contributed by atoms with van der Waals surface area (Å²) in [5.74, 6) is -0.0500. The van der Waals surface area contributed by atoms with E-state index < -0.39 is 0 Å². The van der Waals surface area contributed by atoms with Crippen LogP contribution in [0.5, 0.6) is 0 Å². The number of ether oxygens (including phenoxy) is 1. The van der Waals surface area contributed by atoms with Crippen LogP contribution in [0.1, 0.15) is 35.7 Å². The third kappa shape index (κ3) is 3.84. The van der Waals surface area contributed by atoms with Crippen molar-refractivity contribution in [3.8, 4) is 0 Å². The van der Waals surface area contributed by atoms with Gasteiger partial charge >= 0.3 is 5.97 Å². The zero-order valence-corrected chi connectivity index (χ0v) is 12.0. The Labute approximate surface area is 121 Å². The Morgan fingerprint density at radius 3 is 2.75 bits per heavy atom. The number of nitrogens with zero attached hydrogens (tertiary/aromatic N) is 1. The van der Waals surface area contributed by atoms with Gasteiger partial charge in [0.2, 0.25) is 0 Å². The highest BCUT2D eigenvalue weighted by molar-refractivity contribution is 8.15. The van der Waals surface area contributed by atoms with E-state index in [9.17, 15) is 9.59 Å². The lowest BCUT2D eigenvalue weighted by atomic mass is 10.1. The molecule has 2 rings (SSSR count). The lowest BCUT2D eigenvalue weighted by Crippen LogP contribution is -2.26. The second-order valence-electron chi connectivity index (χ2n) is 4.31. The highest BCUT2D eigenvalue weighted by Gasteiger charge is 2.14. The van der Waals surface area contributed by atoms with E-state index in [0.717, 1.165) is 23.4 Å². The van der Waals surface area contributed by atoms with E-state index in [0.29, 0.717) is 17.9 Å². The molecule has 1 aromatic rings. The minimum atomic E-state index is -0.309. The van der Waals surface area contributed by atoms with Gasteiger partial charge in [-0.25, -0.2) is 10.2 Å². The predicted molar refractivity (Wildman–Crippen MR) is 78.8 cm³/mol. The van der Waals surface area contributed by atoms with Gasteiger partial charge in [0, 0.05) is 5.56 Å². The molecule has 0 unspecified atom stereocenters. The number of unbranched alkanes of at least 4 members (excludes halogenated alkanes) is 1. The molecule has 5 nitrogen and oxygen atoms in total. The molecule has 1 aliphatic rings. The number of carbonyl (C=O) groups excluding carboxylic acids is 2. The molecule has 1 aliphatic heterocycles. The van der Waals surface area contributed by atoms with Crippen LogP contribution in [0.4, 0.5) is 0 Å². The second-order valence-corrected chi connectivity index (χ2v) is 5.27. The topological polar surface area (TPSA) is 67.8 Å². The van der Waals surface area contributed by atoms with E-state index >= 15 is 0 Å². The van der Waals surface area contributed by atoms with E-state index in [4.69, 9.17) is 4.74 Å². The molecule has 1 heterocycles. The first-order chi connectivity index (χ1) is 9.70. The van der Waals surface area contributed by atoms with Crippen LogP contribution >= 0.6 is 11.8 Å². The number of thioether (sulfide) groups is 1. The number of esters is 1. The van der Waals surface area contributed by atoms with Crippen molar-refractivity contribution in [1.82, 2.24) is 5.43 Å². The summed E-state index contributed by atoms with van der Waals surface area (Å²) in [7, 11) is 0. The smallest absolute Gasteiger partial charge is 0.338 e. The molecule has 0 atom stereocenters. The third-order valence-corrected chi connectivity index (χ3v) is 3.73. The van der Waals surface area contributed by atoms with Crippen molar-refractivity contribution in [2.45, 2.75) is 19.8 Å². The van der Waals surface area contributed by atoms with Crippen molar-refractivity contribution >= 4 is 28.7 Å². The quantitative estimate of drug-likeness (QED) is 0.667. The van der Waals surface area contributed by atoms with Crippen LogP contribution in [0.3, 0.4) is 0 Å². The largest absolute Gasteiger partial charge is 0.462 e. The maximum Gasteiger partial charge on any atom is 0.338 e. The van der Waals surface area contributed by atoms with Crippen LogP contribution in [-0.2, 0) is 9.53 Å². The zero-order chi connectivity index (χ0) is 14.4. The lowest BCUT2D eigenvalue weighted by Gasteiger charge is -2.11. The number of hydrazone groups is 1. The monoisotopic (exact) mass is 292 g/mol. The van der Waals surface area contributed by atoms with Gasteiger partial charge in [0.1, 0.15) is 5.04 Å². The molecular formula is C14H16N2O3S. The number of amides is 1. The highest BCUT2D eigenvalue weighted by Crippen LogP contribution is 2.17. The Hall–Kier alpha value is -1.82. The van der Waals surface area contributed by atoms with E-state index in [-0.39, 0.29) is 11.9 Å². The van der Waals surface area contributed by atoms with Gasteiger partial charge in [0.15, 0.2) is 0 Å². The van der Waals surface area contributed by atoms with Crippen LogP contribution in [0.15, 0.2) is 29.4 Å². The molecule has 6 heteroatoms. The van der Waals surface area contributed by atoms with E-state index in [1.54, 1.807) is 24.3 Å². The van der Waals surface area contributed by atoms with Gasteiger partial charge in [-0.2, -0.15) is 5.10 Å². The van der Waals surface area contributed by atoms with Crippen LogP contribution in [-0.4, -0.2) is 29.3 Å². The first-order valence-electron chi connectivity index (χ1n) is 6.47. The van der Waals surface area contributed by atoms with Gasteiger partial charge in [0.25, 0.3) is 5.91 Å². The Balaban J connectivity index is 1.99. The fourth-order valence-corrected chi connectivity index (χ4v) is 2.35. The summed E-state index contributed by atoms with van der Waals surface area (Å²) in [6.45, 7) is 2.50. The zero-order valence-electron chi connectivity index (χ0n) is 11.2. The van der Waals surface area contributed by atoms with Crippen LogP contribution in [0, 0.1) is 0 Å². The maximum absolute atomic E-state index is 11.7. The first-order valence-corrected chi connectivity index (χ1v) is 7.46. The van der Waals surface area contributed by atoms with Gasteiger partial charge in [-0.1, -0.05) is 37.2 Å². The molecule has 0 saturated heterocycles. The van der Waals surface area contributed by atoms with Crippen molar-refractivity contribution in [2.24, 2.45) is 5.10 Å². The molecule has 0 bridgehead atoms. The minimum absolute atomic E-state index is 0.102. The molecular weight excluding hydrogens is 276 g/mol. The summed E-state index contributed by atoms with van der Waals surface area (Å²) < 4.78 is 5.14. The van der Waals surface area contributed by atoms with Crippen LogP contribution in [0.25, 0.3) is 0 Å². The van der Waals surface area contributed by atoms with E-state index in [1.807, 2.05) is 6.92 Å². The summed E-state index contributed by atoms with van der Waals surface area (Å²) in [6.07, 6.45) is 1.87. The molecule has 0 aliphatic carbocycles. The Kier molecular flexibility index (Phi) is 5.17. The molecule has 0 saturated carbocycles. The van der Waals surface area contributed by atoms with Gasteiger partial charge in [-0.15, -0.1) is 0 Å². The predicted octanol–water partition coefficient (Wildman–Crippen LogP) is 2.17. The third-order valence-electron chi connectivity index (χ3n) is 2.72. The van der Waals surface area contributed by atoms with Crippen LogP contribution < -0.4 is 5.43 Å². The average Bonchev–Trinajstić information content (AvgIpc) is 2.48. The highest BCUT2D eigenvalue weighted by atomic mass is 32.2. The van der Waals surface area contributed by atoms with E-state index in [2.05, 4.69) is 10.5 Å². The summed E-state index contributed by atoms with van der Waals surface area (Å²) in [6, 6.07) is 7.03. The molecule has 1 amide bonds. The molecule has 20 heavy (non-hydrogen) atoms. The summed E-state index contributed by atoms with van der Waals surface area (Å²) in [5, 5.41) is 4.73. The fourth-order valence-electron chi connectivity index (χ4n) is 1.60. The summed E-state index contributed by atoms with van der Waals surface area (Å²) >= 11 is 1.38.